The number of hydrogen-bond donors (Lipinski definition) is 1. The summed E-state index contributed by atoms with van der Waals surface area (Å²) in [6.45, 7) is 5.92. The highest BCUT2D eigenvalue weighted by molar-refractivity contribution is 9.10. The van der Waals surface area contributed by atoms with E-state index >= 15 is 0 Å². The summed E-state index contributed by atoms with van der Waals surface area (Å²) < 4.78 is 33.3. The minimum absolute atomic E-state index is 0.123. The van der Waals surface area contributed by atoms with E-state index in [4.69, 9.17) is 4.74 Å². The van der Waals surface area contributed by atoms with E-state index < -0.39 is 10.0 Å². The molecule has 0 aliphatic carbocycles. The number of carbonyl (C=O) groups is 1. The predicted molar refractivity (Wildman–Crippen MR) is 116 cm³/mol. The van der Waals surface area contributed by atoms with Gasteiger partial charge in [-0.25, -0.2) is 8.42 Å². The Morgan fingerprint density at radius 3 is 2.52 bits per heavy atom. The molecule has 2 aromatic carbocycles. The summed E-state index contributed by atoms with van der Waals surface area (Å²) in [7, 11) is -3.64. The zero-order valence-electron chi connectivity index (χ0n) is 16.5. The van der Waals surface area contributed by atoms with Gasteiger partial charge in [0.05, 0.1) is 18.1 Å². The van der Waals surface area contributed by atoms with E-state index in [1.807, 2.05) is 38.1 Å². The van der Waals surface area contributed by atoms with E-state index in [-0.39, 0.29) is 16.2 Å². The number of hydrogen-bond acceptors (Lipinski definition) is 4. The molecule has 0 bridgehead atoms. The van der Waals surface area contributed by atoms with Gasteiger partial charge in [0.2, 0.25) is 10.0 Å². The van der Waals surface area contributed by atoms with Crippen LogP contribution in [0.3, 0.4) is 0 Å². The molecule has 0 atom stereocenters. The quantitative estimate of drug-likeness (QED) is 0.688. The van der Waals surface area contributed by atoms with Gasteiger partial charge in [-0.1, -0.05) is 48.0 Å². The van der Waals surface area contributed by atoms with E-state index in [1.165, 1.54) is 16.4 Å². The fraction of sp³-hybridized carbons (Fsp3) is 0.381. The summed E-state index contributed by atoms with van der Waals surface area (Å²) in [6.07, 6.45) is 0. The van der Waals surface area contributed by atoms with Crippen molar-refractivity contribution < 1.29 is 17.9 Å². The third-order valence-electron chi connectivity index (χ3n) is 5.00. The first-order valence-corrected chi connectivity index (χ1v) is 11.7. The van der Waals surface area contributed by atoms with Crippen LogP contribution in [0.5, 0.6) is 0 Å². The van der Waals surface area contributed by atoms with Crippen LogP contribution in [0.1, 0.15) is 29.8 Å². The van der Waals surface area contributed by atoms with Gasteiger partial charge in [-0.3, -0.25) is 4.79 Å². The second-order valence-electron chi connectivity index (χ2n) is 7.62. The van der Waals surface area contributed by atoms with Crippen LogP contribution in [0.15, 0.2) is 57.9 Å². The van der Waals surface area contributed by atoms with Gasteiger partial charge < -0.3 is 10.1 Å². The van der Waals surface area contributed by atoms with Gasteiger partial charge in [0.15, 0.2) is 0 Å². The van der Waals surface area contributed by atoms with Gasteiger partial charge in [0, 0.05) is 35.1 Å². The minimum atomic E-state index is -3.64. The monoisotopic (exact) mass is 480 g/mol. The number of carbonyl (C=O) groups excluding carboxylic acids is 1. The van der Waals surface area contributed by atoms with Crippen LogP contribution in [0.4, 0.5) is 0 Å². The molecule has 1 heterocycles. The Morgan fingerprint density at radius 2 is 1.83 bits per heavy atom. The molecule has 1 saturated heterocycles. The molecule has 29 heavy (non-hydrogen) atoms. The lowest BCUT2D eigenvalue weighted by Gasteiger charge is -2.26. The summed E-state index contributed by atoms with van der Waals surface area (Å²) in [6, 6.07) is 14.1. The van der Waals surface area contributed by atoms with E-state index in [1.54, 1.807) is 12.1 Å². The Labute approximate surface area is 180 Å². The molecule has 0 spiro atoms. The van der Waals surface area contributed by atoms with Crippen LogP contribution in [0.25, 0.3) is 0 Å². The van der Waals surface area contributed by atoms with Gasteiger partial charge in [0.25, 0.3) is 5.91 Å². The summed E-state index contributed by atoms with van der Waals surface area (Å²) in [4.78, 5) is 12.8. The van der Waals surface area contributed by atoms with Crippen molar-refractivity contribution in [1.82, 2.24) is 9.62 Å². The van der Waals surface area contributed by atoms with Crippen LogP contribution in [0, 0.1) is 0 Å². The van der Waals surface area contributed by atoms with E-state index in [0.717, 1.165) is 10.0 Å². The Morgan fingerprint density at radius 1 is 1.14 bits per heavy atom. The number of nitrogens with one attached hydrogen (secondary N) is 1. The fourth-order valence-corrected chi connectivity index (χ4v) is 5.00. The normalized spacial score (nSPS) is 15.8. The molecule has 1 fully saturated rings. The molecule has 1 N–H and O–H groups in total. The van der Waals surface area contributed by atoms with Crippen molar-refractivity contribution in [2.24, 2.45) is 0 Å². The molecule has 0 radical (unpaired) electrons. The molecule has 3 rings (SSSR count). The lowest BCUT2D eigenvalue weighted by atomic mass is 9.84. The first-order valence-electron chi connectivity index (χ1n) is 9.42. The summed E-state index contributed by atoms with van der Waals surface area (Å²) in [5, 5.41) is 2.93. The summed E-state index contributed by atoms with van der Waals surface area (Å²) in [5.41, 5.74) is 1.14. The molecule has 0 aromatic heterocycles. The average molecular weight is 481 g/mol. The highest BCUT2D eigenvalue weighted by Crippen LogP contribution is 2.25. The van der Waals surface area contributed by atoms with Crippen molar-refractivity contribution in [1.29, 1.82) is 0 Å². The zero-order chi connectivity index (χ0) is 21.1. The molecule has 0 saturated carbocycles. The van der Waals surface area contributed by atoms with Gasteiger partial charge in [-0.15, -0.1) is 0 Å². The van der Waals surface area contributed by atoms with Crippen molar-refractivity contribution >= 4 is 31.9 Å². The van der Waals surface area contributed by atoms with Crippen molar-refractivity contribution in [3.05, 3.63) is 64.1 Å². The standard InChI is InChI=1S/C21H25BrN2O4S/c1-21(2,17-6-4-7-18(22)14-17)15-23-20(25)16-5-3-8-19(13-16)29(26,27)24-9-11-28-12-10-24/h3-8,13-14H,9-12,15H2,1-2H3,(H,23,25). The van der Waals surface area contributed by atoms with Crippen LogP contribution in [-0.4, -0.2) is 51.5 Å². The molecule has 0 unspecified atom stereocenters. The van der Waals surface area contributed by atoms with Crippen LogP contribution >= 0.6 is 15.9 Å². The third kappa shape index (κ3) is 5.25. The zero-order valence-corrected chi connectivity index (χ0v) is 18.9. The number of halogens is 1. The number of sulfonamides is 1. The second kappa shape index (κ2) is 8.95. The Kier molecular flexibility index (Phi) is 6.78. The first-order chi connectivity index (χ1) is 13.7. The largest absolute Gasteiger partial charge is 0.379 e. The molecular weight excluding hydrogens is 456 g/mol. The van der Waals surface area contributed by atoms with Gasteiger partial charge in [-0.05, 0) is 35.9 Å². The van der Waals surface area contributed by atoms with Crippen molar-refractivity contribution in [3.63, 3.8) is 0 Å². The number of nitrogens with zero attached hydrogens (tertiary/aromatic N) is 1. The van der Waals surface area contributed by atoms with Crippen molar-refractivity contribution in [3.8, 4) is 0 Å². The molecule has 156 valence electrons. The van der Waals surface area contributed by atoms with Crippen LogP contribution < -0.4 is 5.32 Å². The smallest absolute Gasteiger partial charge is 0.251 e. The van der Waals surface area contributed by atoms with Crippen molar-refractivity contribution in [2.45, 2.75) is 24.2 Å². The first kappa shape index (κ1) is 22.0. The maximum atomic E-state index is 12.8. The van der Waals surface area contributed by atoms with Crippen LogP contribution in [0.2, 0.25) is 0 Å². The molecular formula is C21H25BrN2O4S. The SMILES string of the molecule is CC(C)(CNC(=O)c1cccc(S(=O)(=O)N2CCOCC2)c1)c1cccc(Br)c1. The number of rotatable bonds is 6. The summed E-state index contributed by atoms with van der Waals surface area (Å²) in [5.74, 6) is -0.299. The predicted octanol–water partition coefficient (Wildman–Crippen LogP) is 3.18. The average Bonchev–Trinajstić information content (AvgIpc) is 2.73. The number of amides is 1. The van der Waals surface area contributed by atoms with E-state index in [0.29, 0.717) is 38.4 Å². The Balaban J connectivity index is 1.72. The molecule has 6 nitrogen and oxygen atoms in total. The Hall–Kier alpha value is -1.74. The number of benzene rings is 2. The third-order valence-corrected chi connectivity index (χ3v) is 7.39. The molecule has 1 amide bonds. The van der Waals surface area contributed by atoms with E-state index in [2.05, 4.69) is 21.2 Å². The number of morpholine rings is 1. The molecule has 1 aliphatic heterocycles. The lowest BCUT2D eigenvalue weighted by Crippen LogP contribution is -2.40. The fourth-order valence-electron chi connectivity index (χ4n) is 3.15. The highest BCUT2D eigenvalue weighted by atomic mass is 79.9. The maximum absolute atomic E-state index is 12.8. The molecule has 8 heteroatoms. The van der Waals surface area contributed by atoms with Gasteiger partial charge >= 0.3 is 0 Å². The molecule has 1 aliphatic rings. The number of ether oxygens (including phenoxy) is 1. The van der Waals surface area contributed by atoms with E-state index in [9.17, 15) is 13.2 Å². The Bertz CT molecular complexity index is 986. The molecule has 2 aromatic rings. The maximum Gasteiger partial charge on any atom is 0.251 e. The second-order valence-corrected chi connectivity index (χ2v) is 10.5. The summed E-state index contributed by atoms with van der Waals surface area (Å²) >= 11 is 3.47. The van der Waals surface area contributed by atoms with Gasteiger partial charge in [-0.2, -0.15) is 4.31 Å². The van der Waals surface area contributed by atoms with Crippen LogP contribution in [-0.2, 0) is 20.2 Å². The lowest BCUT2D eigenvalue weighted by molar-refractivity contribution is 0.0730. The highest BCUT2D eigenvalue weighted by Gasteiger charge is 2.27. The van der Waals surface area contributed by atoms with Crippen molar-refractivity contribution in [2.75, 3.05) is 32.8 Å². The van der Waals surface area contributed by atoms with Gasteiger partial charge in [0.1, 0.15) is 0 Å². The topological polar surface area (TPSA) is 75.7 Å². The minimum Gasteiger partial charge on any atom is -0.379 e.